The zero-order valence-corrected chi connectivity index (χ0v) is 11.6. The Hall–Kier alpha value is -1.93. The van der Waals surface area contributed by atoms with Crippen LogP contribution < -0.4 is 0 Å². The van der Waals surface area contributed by atoms with Crippen LogP contribution in [0.15, 0.2) is 59.6 Å². The van der Waals surface area contributed by atoms with Gasteiger partial charge in [0.25, 0.3) is 0 Å². The summed E-state index contributed by atoms with van der Waals surface area (Å²) in [7, 11) is 4.12. The molecule has 0 aromatic heterocycles. The first-order valence-electron chi connectivity index (χ1n) is 6.56. The number of aliphatic imine (C=N–C) groups is 1. The number of rotatable bonds is 5. The Kier molecular flexibility index (Phi) is 4.87. The third kappa shape index (κ3) is 4.34. The SMILES string of the molecule is CN(C)CCN=Cc1ccc(-c2ccccc2)cc1. The van der Waals surface area contributed by atoms with Crippen LogP contribution in [-0.4, -0.2) is 38.3 Å². The van der Waals surface area contributed by atoms with E-state index in [1.807, 2.05) is 12.3 Å². The van der Waals surface area contributed by atoms with Crippen molar-refractivity contribution in [1.29, 1.82) is 0 Å². The predicted octanol–water partition coefficient (Wildman–Crippen LogP) is 3.33. The van der Waals surface area contributed by atoms with Crippen molar-refractivity contribution in [3.8, 4) is 11.1 Å². The van der Waals surface area contributed by atoms with E-state index < -0.39 is 0 Å². The van der Waals surface area contributed by atoms with E-state index in [1.54, 1.807) is 0 Å². The number of likely N-dealkylation sites (N-methyl/N-ethyl adjacent to an activating group) is 1. The maximum Gasteiger partial charge on any atom is 0.0516 e. The van der Waals surface area contributed by atoms with E-state index in [2.05, 4.69) is 72.5 Å². The van der Waals surface area contributed by atoms with Crippen molar-refractivity contribution in [2.45, 2.75) is 0 Å². The monoisotopic (exact) mass is 252 g/mol. The van der Waals surface area contributed by atoms with Gasteiger partial charge in [-0.1, -0.05) is 54.6 Å². The molecule has 2 nitrogen and oxygen atoms in total. The normalized spacial score (nSPS) is 11.3. The van der Waals surface area contributed by atoms with Gasteiger partial charge < -0.3 is 4.90 Å². The Balaban J connectivity index is 1.99. The fourth-order valence-electron chi connectivity index (χ4n) is 1.82. The average molecular weight is 252 g/mol. The van der Waals surface area contributed by atoms with Crippen LogP contribution in [0.3, 0.4) is 0 Å². The molecule has 0 bridgehead atoms. The molecule has 0 saturated heterocycles. The molecule has 2 aromatic carbocycles. The molecule has 98 valence electrons. The molecule has 0 radical (unpaired) electrons. The molecule has 2 rings (SSSR count). The molecule has 0 saturated carbocycles. The van der Waals surface area contributed by atoms with E-state index in [0.717, 1.165) is 18.7 Å². The number of benzene rings is 2. The lowest BCUT2D eigenvalue weighted by Crippen LogP contribution is -2.15. The minimum absolute atomic E-state index is 0.841. The fraction of sp³-hybridized carbons (Fsp3) is 0.235. The minimum atomic E-state index is 0.841. The molecule has 0 N–H and O–H groups in total. The molecule has 0 aliphatic carbocycles. The molecule has 0 aliphatic heterocycles. The van der Waals surface area contributed by atoms with Crippen LogP contribution in [0.2, 0.25) is 0 Å². The molecular weight excluding hydrogens is 232 g/mol. The standard InChI is InChI=1S/C17H20N2/c1-19(2)13-12-18-14-15-8-10-17(11-9-15)16-6-4-3-5-7-16/h3-11,14H,12-13H2,1-2H3. The van der Waals surface area contributed by atoms with Crippen LogP contribution in [0.1, 0.15) is 5.56 Å². The molecule has 2 aromatic rings. The fourth-order valence-corrected chi connectivity index (χ4v) is 1.82. The van der Waals surface area contributed by atoms with Crippen molar-refractivity contribution in [2.75, 3.05) is 27.2 Å². The molecule has 0 unspecified atom stereocenters. The van der Waals surface area contributed by atoms with Crippen molar-refractivity contribution in [2.24, 2.45) is 4.99 Å². The third-order valence-corrected chi connectivity index (χ3v) is 2.93. The summed E-state index contributed by atoms with van der Waals surface area (Å²) in [5.74, 6) is 0. The molecule has 0 amide bonds. The van der Waals surface area contributed by atoms with Gasteiger partial charge in [0.1, 0.15) is 0 Å². The second-order valence-electron chi connectivity index (χ2n) is 4.83. The average Bonchev–Trinajstić information content (AvgIpc) is 2.45. The van der Waals surface area contributed by atoms with Crippen LogP contribution in [0.5, 0.6) is 0 Å². The Morgan fingerprint density at radius 2 is 1.53 bits per heavy atom. The lowest BCUT2D eigenvalue weighted by atomic mass is 10.0. The molecule has 0 spiro atoms. The largest absolute Gasteiger partial charge is 0.308 e. The summed E-state index contributed by atoms with van der Waals surface area (Å²) in [6.45, 7) is 1.83. The molecule has 0 aliphatic rings. The van der Waals surface area contributed by atoms with Gasteiger partial charge in [0, 0.05) is 12.8 Å². The van der Waals surface area contributed by atoms with E-state index in [4.69, 9.17) is 0 Å². The van der Waals surface area contributed by atoms with Gasteiger partial charge in [0.05, 0.1) is 6.54 Å². The molecule has 0 fully saturated rings. The first-order chi connectivity index (χ1) is 9.25. The van der Waals surface area contributed by atoms with Gasteiger partial charge in [0.15, 0.2) is 0 Å². The van der Waals surface area contributed by atoms with Gasteiger partial charge in [-0.3, -0.25) is 4.99 Å². The highest BCUT2D eigenvalue weighted by Gasteiger charge is 1.95. The van der Waals surface area contributed by atoms with Gasteiger partial charge in [-0.2, -0.15) is 0 Å². The molecule has 19 heavy (non-hydrogen) atoms. The Bertz CT molecular complexity index is 513. The summed E-state index contributed by atoms with van der Waals surface area (Å²) in [5, 5.41) is 0. The number of nitrogens with zero attached hydrogens (tertiary/aromatic N) is 2. The Morgan fingerprint density at radius 1 is 0.895 bits per heavy atom. The summed E-state index contributed by atoms with van der Waals surface area (Å²) in [6, 6.07) is 18.9. The predicted molar refractivity (Wildman–Crippen MR) is 82.9 cm³/mol. The lowest BCUT2D eigenvalue weighted by Gasteiger charge is -2.05. The summed E-state index contributed by atoms with van der Waals surface area (Å²) in [5.41, 5.74) is 3.64. The lowest BCUT2D eigenvalue weighted by molar-refractivity contribution is 0.421. The van der Waals surface area contributed by atoms with Crippen LogP contribution >= 0.6 is 0 Å². The second-order valence-corrected chi connectivity index (χ2v) is 4.83. The van der Waals surface area contributed by atoms with Gasteiger partial charge in [-0.05, 0) is 30.8 Å². The zero-order chi connectivity index (χ0) is 13.5. The zero-order valence-electron chi connectivity index (χ0n) is 11.6. The molecule has 2 heteroatoms. The Morgan fingerprint density at radius 3 is 2.16 bits per heavy atom. The van der Waals surface area contributed by atoms with Crippen molar-refractivity contribution < 1.29 is 0 Å². The molecule has 0 heterocycles. The third-order valence-electron chi connectivity index (χ3n) is 2.93. The summed E-state index contributed by atoms with van der Waals surface area (Å²) in [4.78, 5) is 6.55. The smallest absolute Gasteiger partial charge is 0.0516 e. The van der Waals surface area contributed by atoms with E-state index in [9.17, 15) is 0 Å². The van der Waals surface area contributed by atoms with Crippen molar-refractivity contribution in [3.05, 3.63) is 60.2 Å². The van der Waals surface area contributed by atoms with Gasteiger partial charge in [-0.15, -0.1) is 0 Å². The van der Waals surface area contributed by atoms with Crippen molar-refractivity contribution >= 4 is 6.21 Å². The summed E-state index contributed by atoms with van der Waals surface area (Å²) >= 11 is 0. The van der Waals surface area contributed by atoms with E-state index in [1.165, 1.54) is 11.1 Å². The van der Waals surface area contributed by atoms with Gasteiger partial charge >= 0.3 is 0 Å². The van der Waals surface area contributed by atoms with E-state index >= 15 is 0 Å². The van der Waals surface area contributed by atoms with Crippen LogP contribution in [-0.2, 0) is 0 Å². The molecule has 0 atom stereocenters. The van der Waals surface area contributed by atoms with Crippen molar-refractivity contribution in [1.82, 2.24) is 4.90 Å². The molecular formula is C17H20N2. The highest BCUT2D eigenvalue weighted by atomic mass is 15.1. The van der Waals surface area contributed by atoms with Crippen LogP contribution in [0.4, 0.5) is 0 Å². The van der Waals surface area contributed by atoms with E-state index in [-0.39, 0.29) is 0 Å². The highest BCUT2D eigenvalue weighted by molar-refractivity contribution is 5.81. The quantitative estimate of drug-likeness (QED) is 0.745. The van der Waals surface area contributed by atoms with Crippen molar-refractivity contribution in [3.63, 3.8) is 0 Å². The summed E-state index contributed by atoms with van der Waals surface area (Å²) < 4.78 is 0. The van der Waals surface area contributed by atoms with Gasteiger partial charge in [-0.25, -0.2) is 0 Å². The van der Waals surface area contributed by atoms with E-state index in [0.29, 0.717) is 0 Å². The highest BCUT2D eigenvalue weighted by Crippen LogP contribution is 2.18. The first-order valence-corrected chi connectivity index (χ1v) is 6.56. The van der Waals surface area contributed by atoms with Crippen LogP contribution in [0.25, 0.3) is 11.1 Å². The topological polar surface area (TPSA) is 15.6 Å². The second kappa shape index (κ2) is 6.86. The van der Waals surface area contributed by atoms with Gasteiger partial charge in [0.2, 0.25) is 0 Å². The Labute approximate surface area is 115 Å². The number of hydrogen-bond donors (Lipinski definition) is 0. The summed E-state index contributed by atoms with van der Waals surface area (Å²) in [6.07, 6.45) is 1.94. The van der Waals surface area contributed by atoms with Crippen LogP contribution in [0, 0.1) is 0 Å². The number of hydrogen-bond acceptors (Lipinski definition) is 2. The first kappa shape index (κ1) is 13.5. The minimum Gasteiger partial charge on any atom is -0.308 e. The maximum atomic E-state index is 4.42. The maximum absolute atomic E-state index is 4.42.